The van der Waals surface area contributed by atoms with Gasteiger partial charge in [-0.3, -0.25) is 29.4 Å². The lowest BCUT2D eigenvalue weighted by molar-refractivity contribution is -0.144. The highest BCUT2D eigenvalue weighted by Gasteiger charge is 2.70. The van der Waals surface area contributed by atoms with Crippen molar-refractivity contribution in [2.45, 2.75) is 31.0 Å². The number of rotatable bonds is 5. The average Bonchev–Trinajstić information content (AvgIpc) is 3.34. The first-order valence-electron chi connectivity index (χ1n) is 10.3. The van der Waals surface area contributed by atoms with E-state index < -0.39 is 47.1 Å². The number of carbonyl (C=O) groups excluding carboxylic acids is 3. The van der Waals surface area contributed by atoms with Crippen molar-refractivity contribution in [1.82, 2.24) is 10.2 Å². The Morgan fingerprint density at radius 1 is 1.06 bits per heavy atom. The predicted molar refractivity (Wildman–Crippen MR) is 115 cm³/mol. The standard InChI is InChI=1S/C23H20ClN3O5/c24-14-7-3-1-5-12(14)11-27-20(30)18-16(9-10-17(28)29)26-23(19(18)21(27)31)13-6-2-4-8-15(13)25-22(23)32/h1-8,16,18-19,26H,9-11H2,(H,25,32)(H,28,29)/t16-,18-,19-,23+/m0/s1. The molecule has 0 aromatic heterocycles. The number of hydrogen-bond acceptors (Lipinski definition) is 5. The molecule has 164 valence electrons. The molecule has 3 aliphatic heterocycles. The van der Waals surface area contributed by atoms with E-state index in [1.54, 1.807) is 48.5 Å². The van der Waals surface area contributed by atoms with Crippen LogP contribution < -0.4 is 10.6 Å². The van der Waals surface area contributed by atoms with Crippen molar-refractivity contribution in [2.24, 2.45) is 11.8 Å². The summed E-state index contributed by atoms with van der Waals surface area (Å²) < 4.78 is 0. The molecular formula is C23H20ClN3O5. The van der Waals surface area contributed by atoms with E-state index in [0.717, 1.165) is 4.90 Å². The van der Waals surface area contributed by atoms with Crippen LogP contribution in [0.25, 0.3) is 0 Å². The summed E-state index contributed by atoms with van der Waals surface area (Å²) in [7, 11) is 0. The van der Waals surface area contributed by atoms with Crippen molar-refractivity contribution in [3.63, 3.8) is 0 Å². The Labute approximate surface area is 188 Å². The van der Waals surface area contributed by atoms with Crippen LogP contribution in [0.1, 0.15) is 24.0 Å². The molecule has 3 N–H and O–H groups in total. The Morgan fingerprint density at radius 3 is 2.53 bits per heavy atom. The Kier molecular flexibility index (Phi) is 4.79. The van der Waals surface area contributed by atoms with Crippen molar-refractivity contribution in [3.05, 3.63) is 64.7 Å². The topological polar surface area (TPSA) is 116 Å². The highest BCUT2D eigenvalue weighted by atomic mass is 35.5. The van der Waals surface area contributed by atoms with Gasteiger partial charge in [0.05, 0.1) is 18.4 Å². The van der Waals surface area contributed by atoms with Crippen molar-refractivity contribution < 1.29 is 24.3 Å². The molecule has 3 amide bonds. The zero-order valence-corrected chi connectivity index (χ0v) is 17.6. The van der Waals surface area contributed by atoms with Crippen LogP contribution in [0, 0.1) is 11.8 Å². The summed E-state index contributed by atoms with van der Waals surface area (Å²) in [6.45, 7) is -0.00463. The van der Waals surface area contributed by atoms with Gasteiger partial charge >= 0.3 is 5.97 Å². The Bertz CT molecular complexity index is 1170. The number of carboxylic acid groups (broad SMARTS) is 1. The molecule has 3 aliphatic rings. The molecule has 0 saturated carbocycles. The van der Waals surface area contributed by atoms with Crippen LogP contribution in [0.5, 0.6) is 0 Å². The number of halogens is 1. The molecule has 2 fully saturated rings. The highest BCUT2D eigenvalue weighted by molar-refractivity contribution is 6.31. The quantitative estimate of drug-likeness (QED) is 0.597. The molecule has 9 heteroatoms. The third kappa shape index (κ3) is 2.87. The van der Waals surface area contributed by atoms with Gasteiger partial charge in [-0.1, -0.05) is 48.0 Å². The number of carbonyl (C=O) groups is 4. The first-order chi connectivity index (χ1) is 15.3. The van der Waals surface area contributed by atoms with E-state index in [9.17, 15) is 24.3 Å². The lowest BCUT2D eigenvalue weighted by Gasteiger charge is -2.29. The number of nitrogens with zero attached hydrogens (tertiary/aromatic N) is 1. The van der Waals surface area contributed by atoms with Gasteiger partial charge in [0, 0.05) is 28.7 Å². The normalized spacial score (nSPS) is 28.2. The molecule has 2 saturated heterocycles. The van der Waals surface area contributed by atoms with Crippen LogP contribution in [0.4, 0.5) is 5.69 Å². The molecule has 0 unspecified atom stereocenters. The zero-order valence-electron chi connectivity index (χ0n) is 16.9. The molecule has 0 radical (unpaired) electrons. The van der Waals surface area contributed by atoms with E-state index in [2.05, 4.69) is 10.6 Å². The van der Waals surface area contributed by atoms with Crippen molar-refractivity contribution >= 4 is 41.0 Å². The third-order valence-electron chi connectivity index (χ3n) is 6.67. The Balaban J connectivity index is 1.58. The maximum atomic E-state index is 13.6. The summed E-state index contributed by atoms with van der Waals surface area (Å²) in [6, 6.07) is 13.4. The van der Waals surface area contributed by atoms with Crippen molar-refractivity contribution in [1.29, 1.82) is 0 Å². The van der Waals surface area contributed by atoms with Crippen molar-refractivity contribution in [2.75, 3.05) is 5.32 Å². The molecule has 3 heterocycles. The van der Waals surface area contributed by atoms with Gasteiger partial charge in [-0.05, 0) is 24.1 Å². The van der Waals surface area contributed by atoms with Crippen LogP contribution >= 0.6 is 11.6 Å². The van der Waals surface area contributed by atoms with E-state index in [1.165, 1.54) is 0 Å². The lowest BCUT2D eigenvalue weighted by Crippen LogP contribution is -2.53. The van der Waals surface area contributed by atoms with Crippen LogP contribution in [0.15, 0.2) is 48.5 Å². The van der Waals surface area contributed by atoms with E-state index in [0.29, 0.717) is 21.8 Å². The summed E-state index contributed by atoms with van der Waals surface area (Å²) in [6.07, 6.45) is -0.0706. The van der Waals surface area contributed by atoms with Gasteiger partial charge in [-0.2, -0.15) is 0 Å². The number of carboxylic acids is 1. The highest BCUT2D eigenvalue weighted by Crippen LogP contribution is 2.53. The fraction of sp³-hybridized carbons (Fsp3) is 0.304. The third-order valence-corrected chi connectivity index (χ3v) is 7.04. The fourth-order valence-corrected chi connectivity index (χ4v) is 5.49. The fourth-order valence-electron chi connectivity index (χ4n) is 5.30. The minimum absolute atomic E-state index is 0.00463. The minimum atomic E-state index is -1.42. The second-order valence-electron chi connectivity index (χ2n) is 8.35. The van der Waals surface area contributed by atoms with Gasteiger partial charge in [0.15, 0.2) is 0 Å². The summed E-state index contributed by atoms with van der Waals surface area (Å²) in [5.74, 6) is -4.12. The van der Waals surface area contributed by atoms with Crippen molar-refractivity contribution in [3.8, 4) is 0 Å². The maximum Gasteiger partial charge on any atom is 0.303 e. The van der Waals surface area contributed by atoms with Gasteiger partial charge < -0.3 is 10.4 Å². The van der Waals surface area contributed by atoms with Crippen LogP contribution in [-0.2, 0) is 31.3 Å². The minimum Gasteiger partial charge on any atom is -0.481 e. The Morgan fingerprint density at radius 2 is 1.78 bits per heavy atom. The number of imide groups is 1. The van der Waals surface area contributed by atoms with E-state index in [-0.39, 0.29) is 19.4 Å². The first kappa shape index (κ1) is 20.7. The second kappa shape index (κ2) is 7.43. The van der Waals surface area contributed by atoms with Gasteiger partial charge in [0.1, 0.15) is 5.54 Å². The summed E-state index contributed by atoms with van der Waals surface area (Å²) in [5, 5.41) is 15.7. The van der Waals surface area contributed by atoms with Crippen LogP contribution in [0.3, 0.4) is 0 Å². The molecule has 8 nitrogen and oxygen atoms in total. The maximum absolute atomic E-state index is 13.6. The molecule has 2 aromatic carbocycles. The van der Waals surface area contributed by atoms with E-state index in [4.69, 9.17) is 11.6 Å². The largest absolute Gasteiger partial charge is 0.481 e. The molecule has 2 aromatic rings. The monoisotopic (exact) mass is 453 g/mol. The summed E-state index contributed by atoms with van der Waals surface area (Å²) in [5.41, 5.74) is 0.370. The Hall–Kier alpha value is -3.23. The number of hydrogen-bond donors (Lipinski definition) is 3. The van der Waals surface area contributed by atoms with Gasteiger partial charge in [-0.25, -0.2) is 0 Å². The molecule has 4 atom stereocenters. The number of amides is 3. The van der Waals surface area contributed by atoms with Crippen LogP contribution in [0.2, 0.25) is 5.02 Å². The number of benzene rings is 2. The summed E-state index contributed by atoms with van der Waals surface area (Å²) in [4.78, 5) is 52.8. The molecule has 32 heavy (non-hydrogen) atoms. The number of nitrogens with one attached hydrogen (secondary N) is 2. The molecule has 1 spiro atoms. The number of fused-ring (bicyclic) bond motifs is 4. The predicted octanol–water partition coefficient (Wildman–Crippen LogP) is 2.13. The lowest BCUT2D eigenvalue weighted by atomic mass is 9.76. The number of para-hydroxylation sites is 1. The van der Waals surface area contributed by atoms with E-state index in [1.807, 2.05) is 0 Å². The van der Waals surface area contributed by atoms with E-state index >= 15 is 0 Å². The zero-order chi connectivity index (χ0) is 22.6. The number of likely N-dealkylation sites (tertiary alicyclic amines) is 1. The van der Waals surface area contributed by atoms with Gasteiger partial charge in [-0.15, -0.1) is 0 Å². The first-order valence-corrected chi connectivity index (χ1v) is 10.7. The smallest absolute Gasteiger partial charge is 0.303 e. The summed E-state index contributed by atoms with van der Waals surface area (Å²) >= 11 is 6.25. The number of aliphatic carboxylic acids is 1. The van der Waals surface area contributed by atoms with Gasteiger partial charge in [0.25, 0.3) is 0 Å². The molecule has 5 rings (SSSR count). The average molecular weight is 454 g/mol. The SMILES string of the molecule is O=C(O)CC[C@@H]1N[C@@]2(C(=O)Nc3ccccc32)[C@@H]2C(=O)N(Cc3ccccc3Cl)C(=O)[C@@H]12. The molecule has 0 bridgehead atoms. The second-order valence-corrected chi connectivity index (χ2v) is 8.76. The molecule has 0 aliphatic carbocycles. The molecular weight excluding hydrogens is 434 g/mol. The van der Waals surface area contributed by atoms with Crippen LogP contribution in [-0.4, -0.2) is 39.7 Å². The van der Waals surface area contributed by atoms with Gasteiger partial charge in [0.2, 0.25) is 17.7 Å². The number of anilines is 1.